The van der Waals surface area contributed by atoms with Crippen LogP contribution in [0.3, 0.4) is 0 Å². The number of nitrogens with zero attached hydrogens (tertiary/aromatic N) is 1. The molecule has 1 amide bonds. The molecule has 0 saturated carbocycles. The first kappa shape index (κ1) is 19.5. The minimum Gasteiger partial charge on any atom is -0.311 e. The lowest BCUT2D eigenvalue weighted by Crippen LogP contribution is -2.57. The fourth-order valence-electron chi connectivity index (χ4n) is 2.46. The van der Waals surface area contributed by atoms with Crippen molar-refractivity contribution in [2.45, 2.75) is 44.2 Å². The van der Waals surface area contributed by atoms with Gasteiger partial charge in [0.15, 0.2) is 0 Å². The summed E-state index contributed by atoms with van der Waals surface area (Å²) in [4.78, 5) is 12.1. The fourth-order valence-corrected chi connectivity index (χ4v) is 3.82. The molecule has 1 aliphatic rings. The van der Waals surface area contributed by atoms with Crippen LogP contribution in [-0.2, 0) is 17.6 Å². The van der Waals surface area contributed by atoms with Crippen LogP contribution in [0, 0.1) is 17.2 Å². The highest BCUT2D eigenvalue weighted by molar-refractivity contribution is 7.16. The third-order valence-corrected chi connectivity index (χ3v) is 5.06. The molecule has 1 N–H and O–H groups in total. The molecule has 0 unspecified atom stereocenters. The topological polar surface area (TPSA) is 52.9 Å². The molecule has 11 heteroatoms. The van der Waals surface area contributed by atoms with Crippen LogP contribution in [0.5, 0.6) is 0 Å². The van der Waals surface area contributed by atoms with E-state index in [-0.39, 0.29) is 11.5 Å². The molecule has 0 saturated heterocycles. The Balaban J connectivity index is 2.34. The highest BCUT2D eigenvalue weighted by Gasteiger charge is 2.76. The summed E-state index contributed by atoms with van der Waals surface area (Å²) in [6, 6.07) is 1.69. The second kappa shape index (κ2) is 6.16. The quantitative estimate of drug-likeness (QED) is 0.775. The second-order valence-electron chi connectivity index (χ2n) is 5.77. The van der Waals surface area contributed by atoms with E-state index in [1.54, 1.807) is 6.07 Å². The normalized spacial score (nSPS) is 18.4. The van der Waals surface area contributed by atoms with Crippen molar-refractivity contribution in [1.82, 2.24) is 0 Å². The Morgan fingerprint density at radius 1 is 1.24 bits per heavy atom. The van der Waals surface area contributed by atoms with E-state index in [0.717, 1.165) is 11.3 Å². The van der Waals surface area contributed by atoms with Gasteiger partial charge >= 0.3 is 23.9 Å². The SMILES string of the molecule is C[C@@H]1CCc2c(sc(NC(=O)C(F)(F)C(F)(F)C(F)(F)F)c2C#N)C1. The van der Waals surface area contributed by atoms with Crippen LogP contribution < -0.4 is 5.32 Å². The van der Waals surface area contributed by atoms with Gasteiger partial charge in [0.2, 0.25) is 0 Å². The molecule has 2 rings (SSSR count). The first-order valence-corrected chi connectivity index (χ1v) is 7.83. The summed E-state index contributed by atoms with van der Waals surface area (Å²) in [5, 5.41) is 10.1. The van der Waals surface area contributed by atoms with E-state index in [1.165, 1.54) is 5.32 Å². The smallest absolute Gasteiger partial charge is 0.311 e. The molecule has 0 fully saturated rings. The van der Waals surface area contributed by atoms with Gasteiger partial charge < -0.3 is 5.32 Å². The van der Waals surface area contributed by atoms with Crippen molar-refractivity contribution in [3.63, 3.8) is 0 Å². The Hall–Kier alpha value is -1.83. The van der Waals surface area contributed by atoms with Gasteiger partial charge in [0, 0.05) is 4.88 Å². The number of hydrogen-bond acceptors (Lipinski definition) is 3. The van der Waals surface area contributed by atoms with Crippen LogP contribution in [0.4, 0.5) is 35.7 Å². The van der Waals surface area contributed by atoms with Crippen molar-refractivity contribution in [2.75, 3.05) is 5.32 Å². The molecule has 0 spiro atoms. The number of alkyl halides is 7. The summed E-state index contributed by atoms with van der Waals surface area (Å²) in [7, 11) is 0. The number of hydrogen-bond donors (Lipinski definition) is 1. The fraction of sp³-hybridized carbons (Fsp3) is 0.571. The largest absolute Gasteiger partial charge is 0.460 e. The zero-order valence-corrected chi connectivity index (χ0v) is 13.4. The van der Waals surface area contributed by atoms with Crippen LogP contribution in [0.1, 0.15) is 29.3 Å². The van der Waals surface area contributed by atoms with Gasteiger partial charge in [-0.05, 0) is 30.7 Å². The Morgan fingerprint density at radius 3 is 2.36 bits per heavy atom. The molecule has 1 atom stereocenters. The maximum atomic E-state index is 13.4. The third-order valence-electron chi connectivity index (χ3n) is 3.89. The van der Waals surface area contributed by atoms with Gasteiger partial charge in [-0.3, -0.25) is 4.79 Å². The molecule has 138 valence electrons. The van der Waals surface area contributed by atoms with E-state index in [9.17, 15) is 35.5 Å². The van der Waals surface area contributed by atoms with Crippen LogP contribution >= 0.6 is 11.3 Å². The van der Waals surface area contributed by atoms with Gasteiger partial charge in [-0.2, -0.15) is 36.0 Å². The summed E-state index contributed by atoms with van der Waals surface area (Å²) >= 11 is 0.739. The zero-order valence-electron chi connectivity index (χ0n) is 12.6. The summed E-state index contributed by atoms with van der Waals surface area (Å²) in [5.74, 6) is -15.1. The van der Waals surface area contributed by atoms with Crippen molar-refractivity contribution in [3.05, 3.63) is 16.0 Å². The number of anilines is 1. The van der Waals surface area contributed by atoms with Gasteiger partial charge in [-0.25, -0.2) is 0 Å². The van der Waals surface area contributed by atoms with Gasteiger partial charge in [0.1, 0.15) is 11.1 Å². The monoisotopic (exact) mass is 388 g/mol. The van der Waals surface area contributed by atoms with E-state index in [2.05, 4.69) is 0 Å². The van der Waals surface area contributed by atoms with Crippen molar-refractivity contribution in [3.8, 4) is 6.07 Å². The molecule has 25 heavy (non-hydrogen) atoms. The van der Waals surface area contributed by atoms with Crippen LogP contribution in [0.2, 0.25) is 0 Å². The number of carbonyl (C=O) groups excluding carboxylic acids is 1. The summed E-state index contributed by atoms with van der Waals surface area (Å²) in [5.41, 5.74) is 0.332. The Morgan fingerprint density at radius 2 is 1.84 bits per heavy atom. The van der Waals surface area contributed by atoms with Gasteiger partial charge in [-0.1, -0.05) is 6.92 Å². The number of thiophene rings is 1. The minimum atomic E-state index is -6.60. The average Bonchev–Trinajstić information content (AvgIpc) is 2.81. The second-order valence-corrected chi connectivity index (χ2v) is 6.87. The molecule has 0 aromatic carbocycles. The maximum Gasteiger partial charge on any atom is 0.460 e. The van der Waals surface area contributed by atoms with Gasteiger partial charge in [-0.15, -0.1) is 11.3 Å². The molecule has 0 radical (unpaired) electrons. The minimum absolute atomic E-state index is 0.175. The highest BCUT2D eigenvalue weighted by atomic mass is 32.1. The van der Waals surface area contributed by atoms with Gasteiger partial charge in [0.25, 0.3) is 0 Å². The summed E-state index contributed by atoms with van der Waals surface area (Å²) in [6.07, 6.45) is -4.97. The predicted octanol–water partition coefficient (Wildman–Crippen LogP) is 4.52. The summed E-state index contributed by atoms with van der Waals surface area (Å²) in [6.45, 7) is 1.91. The predicted molar refractivity (Wildman–Crippen MR) is 74.8 cm³/mol. The highest BCUT2D eigenvalue weighted by Crippen LogP contribution is 2.47. The standard InChI is InChI=1S/C14H11F7N2OS/c1-6-2-3-7-8(5-22)10(25-9(7)4-6)23-11(24)12(15,16)13(17,18)14(19,20)21/h6H,2-4H2,1H3,(H,23,24)/t6-/m1/s1. The van der Waals surface area contributed by atoms with Crippen molar-refractivity contribution < 1.29 is 35.5 Å². The number of amides is 1. The average molecular weight is 388 g/mol. The van der Waals surface area contributed by atoms with Crippen molar-refractivity contribution >= 4 is 22.2 Å². The van der Waals surface area contributed by atoms with Crippen LogP contribution in [0.25, 0.3) is 0 Å². The van der Waals surface area contributed by atoms with E-state index in [0.29, 0.717) is 29.7 Å². The third kappa shape index (κ3) is 3.19. The van der Waals surface area contributed by atoms with E-state index < -0.39 is 28.9 Å². The number of nitriles is 1. The number of nitrogens with one attached hydrogen (secondary N) is 1. The lowest BCUT2D eigenvalue weighted by atomic mass is 9.88. The Bertz CT molecular complexity index is 733. The van der Waals surface area contributed by atoms with Crippen molar-refractivity contribution in [1.29, 1.82) is 5.26 Å². The molecular weight excluding hydrogens is 377 g/mol. The molecule has 1 aromatic rings. The molecule has 1 aliphatic carbocycles. The Labute approximate surface area is 141 Å². The first-order chi connectivity index (χ1) is 11.3. The van der Waals surface area contributed by atoms with Crippen LogP contribution in [-0.4, -0.2) is 23.9 Å². The molecular formula is C14H11F7N2OS. The van der Waals surface area contributed by atoms with Gasteiger partial charge in [0.05, 0.1) is 5.56 Å². The van der Waals surface area contributed by atoms with Crippen LogP contribution in [0.15, 0.2) is 0 Å². The zero-order chi connectivity index (χ0) is 19.2. The lowest BCUT2D eigenvalue weighted by Gasteiger charge is -2.26. The first-order valence-electron chi connectivity index (χ1n) is 7.01. The number of fused-ring (bicyclic) bond motifs is 1. The number of carbonyl (C=O) groups is 1. The van der Waals surface area contributed by atoms with Crippen molar-refractivity contribution in [2.24, 2.45) is 5.92 Å². The molecule has 1 heterocycles. The molecule has 0 bridgehead atoms. The number of halogens is 7. The number of rotatable bonds is 3. The molecule has 1 aromatic heterocycles. The van der Waals surface area contributed by atoms with E-state index >= 15 is 0 Å². The van der Waals surface area contributed by atoms with E-state index in [1.807, 2.05) is 6.92 Å². The molecule has 0 aliphatic heterocycles. The summed E-state index contributed by atoms with van der Waals surface area (Å²) < 4.78 is 89.1. The Kier molecular flexibility index (Phi) is 4.80. The maximum absolute atomic E-state index is 13.4. The molecule has 3 nitrogen and oxygen atoms in total. The lowest BCUT2D eigenvalue weighted by molar-refractivity contribution is -0.343. The van der Waals surface area contributed by atoms with E-state index in [4.69, 9.17) is 5.26 Å².